The van der Waals surface area contributed by atoms with E-state index in [1.165, 1.54) is 0 Å². The summed E-state index contributed by atoms with van der Waals surface area (Å²) in [4.78, 5) is 13.7. The van der Waals surface area contributed by atoms with Crippen LogP contribution >= 0.6 is 0 Å². The number of hydrogen-bond donors (Lipinski definition) is 1. The summed E-state index contributed by atoms with van der Waals surface area (Å²) in [6.45, 7) is 6.06. The van der Waals surface area contributed by atoms with Gasteiger partial charge in [-0.25, -0.2) is 0 Å². The van der Waals surface area contributed by atoms with Crippen molar-refractivity contribution in [3.05, 3.63) is 0 Å². The minimum Gasteiger partial charge on any atom is -0.340 e. The number of amides is 1. The highest BCUT2D eigenvalue weighted by atomic mass is 16.2. The molecule has 0 aliphatic carbocycles. The first-order valence-electron chi connectivity index (χ1n) is 5.14. The van der Waals surface area contributed by atoms with Crippen LogP contribution in [0.2, 0.25) is 0 Å². The Labute approximate surface area is 80.5 Å². The van der Waals surface area contributed by atoms with E-state index in [2.05, 4.69) is 12.2 Å². The summed E-state index contributed by atoms with van der Waals surface area (Å²) in [6, 6.07) is 0.437. The fraction of sp³-hybridized carbons (Fsp3) is 0.900. The molecule has 3 nitrogen and oxygen atoms in total. The number of nitrogens with one attached hydrogen (secondary N) is 1. The predicted molar refractivity (Wildman–Crippen MR) is 53.5 cm³/mol. The molecular weight excluding hydrogens is 164 g/mol. The van der Waals surface area contributed by atoms with Gasteiger partial charge in [0.05, 0.1) is 6.04 Å². The van der Waals surface area contributed by atoms with Crippen LogP contribution < -0.4 is 5.32 Å². The zero-order chi connectivity index (χ0) is 9.84. The van der Waals surface area contributed by atoms with Crippen molar-refractivity contribution in [2.75, 3.05) is 20.1 Å². The van der Waals surface area contributed by atoms with Crippen molar-refractivity contribution in [1.82, 2.24) is 10.2 Å². The summed E-state index contributed by atoms with van der Waals surface area (Å²) in [6.07, 6.45) is 2.09. The largest absolute Gasteiger partial charge is 0.340 e. The Morgan fingerprint density at radius 3 is 2.62 bits per heavy atom. The van der Waals surface area contributed by atoms with Crippen LogP contribution in [-0.4, -0.2) is 37.0 Å². The number of nitrogens with zero attached hydrogens (tertiary/aromatic N) is 1. The number of carbonyl (C=O) groups excluding carboxylic acids is 1. The van der Waals surface area contributed by atoms with Gasteiger partial charge in [0.2, 0.25) is 5.91 Å². The highest BCUT2D eigenvalue weighted by Crippen LogP contribution is 2.12. The summed E-state index contributed by atoms with van der Waals surface area (Å²) >= 11 is 0. The van der Waals surface area contributed by atoms with Crippen LogP contribution in [0.4, 0.5) is 0 Å². The lowest BCUT2D eigenvalue weighted by Gasteiger charge is -2.36. The lowest BCUT2D eigenvalue weighted by atomic mass is 10.0. The van der Waals surface area contributed by atoms with Crippen LogP contribution in [0.1, 0.15) is 26.7 Å². The second-order valence-electron chi connectivity index (χ2n) is 3.95. The molecular formula is C10H20N2O. The molecule has 0 bridgehead atoms. The minimum absolute atomic E-state index is 0.190. The maximum atomic E-state index is 11.8. The zero-order valence-electron chi connectivity index (χ0n) is 8.84. The average Bonchev–Trinajstić information content (AvgIpc) is 2.00. The van der Waals surface area contributed by atoms with Crippen LogP contribution in [0, 0.1) is 5.92 Å². The molecule has 76 valence electrons. The van der Waals surface area contributed by atoms with Gasteiger partial charge in [-0.15, -0.1) is 0 Å². The van der Waals surface area contributed by atoms with E-state index in [-0.39, 0.29) is 5.92 Å². The van der Waals surface area contributed by atoms with E-state index in [1.54, 1.807) is 0 Å². The van der Waals surface area contributed by atoms with E-state index in [4.69, 9.17) is 0 Å². The maximum absolute atomic E-state index is 11.8. The molecule has 1 aliphatic rings. The molecule has 0 spiro atoms. The van der Waals surface area contributed by atoms with Crippen molar-refractivity contribution < 1.29 is 4.79 Å². The van der Waals surface area contributed by atoms with Crippen molar-refractivity contribution in [1.29, 1.82) is 0 Å². The summed E-state index contributed by atoms with van der Waals surface area (Å²) in [5.41, 5.74) is 0. The van der Waals surface area contributed by atoms with Crippen LogP contribution in [-0.2, 0) is 4.79 Å². The number of hydrogen-bond acceptors (Lipinski definition) is 2. The topological polar surface area (TPSA) is 32.3 Å². The third kappa shape index (κ3) is 2.44. The SMILES string of the molecule is CCCC(C)C(=O)N(C)C1CNC1. The molecule has 3 heteroatoms. The van der Waals surface area contributed by atoms with Gasteiger partial charge in [0.15, 0.2) is 0 Å². The quantitative estimate of drug-likeness (QED) is 0.702. The first-order valence-corrected chi connectivity index (χ1v) is 5.14. The summed E-state index contributed by atoms with van der Waals surface area (Å²) < 4.78 is 0. The van der Waals surface area contributed by atoms with Gasteiger partial charge in [0, 0.05) is 26.1 Å². The summed E-state index contributed by atoms with van der Waals surface area (Å²) in [5, 5.41) is 3.17. The third-order valence-corrected chi connectivity index (χ3v) is 2.80. The van der Waals surface area contributed by atoms with Gasteiger partial charge in [0.1, 0.15) is 0 Å². The molecule has 0 radical (unpaired) electrons. The fourth-order valence-corrected chi connectivity index (χ4v) is 1.63. The predicted octanol–water partition coefficient (Wildman–Crippen LogP) is 0.853. The fourth-order valence-electron chi connectivity index (χ4n) is 1.63. The Morgan fingerprint density at radius 2 is 2.23 bits per heavy atom. The van der Waals surface area contributed by atoms with E-state index in [0.717, 1.165) is 25.9 Å². The zero-order valence-corrected chi connectivity index (χ0v) is 8.84. The molecule has 1 unspecified atom stereocenters. The molecule has 0 aromatic rings. The molecule has 1 fully saturated rings. The normalized spacial score (nSPS) is 19.3. The lowest BCUT2D eigenvalue weighted by molar-refractivity contribution is -0.136. The van der Waals surface area contributed by atoms with Gasteiger partial charge in [-0.05, 0) is 6.42 Å². The first-order chi connectivity index (χ1) is 6.16. The van der Waals surface area contributed by atoms with Crippen molar-refractivity contribution >= 4 is 5.91 Å². The van der Waals surface area contributed by atoms with Crippen LogP contribution in [0.3, 0.4) is 0 Å². The van der Waals surface area contributed by atoms with Gasteiger partial charge in [0.25, 0.3) is 0 Å². The van der Waals surface area contributed by atoms with Crippen molar-refractivity contribution in [3.63, 3.8) is 0 Å². The summed E-state index contributed by atoms with van der Waals surface area (Å²) in [5.74, 6) is 0.490. The second kappa shape index (κ2) is 4.61. The van der Waals surface area contributed by atoms with Crippen molar-refractivity contribution in [3.8, 4) is 0 Å². The number of likely N-dealkylation sites (N-methyl/N-ethyl adjacent to an activating group) is 1. The van der Waals surface area contributed by atoms with Gasteiger partial charge in [-0.1, -0.05) is 20.3 Å². The maximum Gasteiger partial charge on any atom is 0.225 e. The molecule has 13 heavy (non-hydrogen) atoms. The second-order valence-corrected chi connectivity index (χ2v) is 3.95. The van der Waals surface area contributed by atoms with Gasteiger partial charge >= 0.3 is 0 Å². The van der Waals surface area contributed by atoms with Crippen molar-refractivity contribution in [2.24, 2.45) is 5.92 Å². The van der Waals surface area contributed by atoms with E-state index in [9.17, 15) is 4.79 Å². The third-order valence-electron chi connectivity index (χ3n) is 2.80. The monoisotopic (exact) mass is 184 g/mol. The van der Waals surface area contributed by atoms with Gasteiger partial charge in [-0.2, -0.15) is 0 Å². The number of carbonyl (C=O) groups is 1. The number of rotatable bonds is 4. The molecule has 1 N–H and O–H groups in total. The minimum atomic E-state index is 0.190. The molecule has 0 aromatic heterocycles. The first kappa shape index (κ1) is 10.5. The Hall–Kier alpha value is -0.570. The van der Waals surface area contributed by atoms with E-state index in [0.29, 0.717) is 11.9 Å². The van der Waals surface area contributed by atoms with E-state index < -0.39 is 0 Å². The lowest BCUT2D eigenvalue weighted by Crippen LogP contribution is -2.58. The van der Waals surface area contributed by atoms with Gasteiger partial charge < -0.3 is 10.2 Å². The van der Waals surface area contributed by atoms with Crippen LogP contribution in [0.15, 0.2) is 0 Å². The van der Waals surface area contributed by atoms with Gasteiger partial charge in [-0.3, -0.25) is 4.79 Å². The Balaban J connectivity index is 2.36. The Morgan fingerprint density at radius 1 is 1.62 bits per heavy atom. The molecule has 1 heterocycles. The Kier molecular flexibility index (Phi) is 3.72. The molecule has 1 saturated heterocycles. The van der Waals surface area contributed by atoms with Crippen molar-refractivity contribution in [2.45, 2.75) is 32.7 Å². The smallest absolute Gasteiger partial charge is 0.225 e. The standard InChI is InChI=1S/C10H20N2O/c1-4-5-8(2)10(13)12(3)9-6-11-7-9/h8-9,11H,4-7H2,1-3H3. The molecule has 1 rings (SSSR count). The molecule has 1 amide bonds. The molecule has 0 aromatic carbocycles. The van der Waals surface area contributed by atoms with Crippen LogP contribution in [0.25, 0.3) is 0 Å². The molecule has 1 aliphatic heterocycles. The highest BCUT2D eigenvalue weighted by Gasteiger charge is 2.27. The summed E-state index contributed by atoms with van der Waals surface area (Å²) in [7, 11) is 1.92. The van der Waals surface area contributed by atoms with Crippen LogP contribution in [0.5, 0.6) is 0 Å². The van der Waals surface area contributed by atoms with E-state index >= 15 is 0 Å². The molecule has 0 saturated carbocycles. The van der Waals surface area contributed by atoms with E-state index in [1.807, 2.05) is 18.9 Å². The highest BCUT2D eigenvalue weighted by molar-refractivity contribution is 5.78. The Bertz CT molecular complexity index is 178. The average molecular weight is 184 g/mol. The molecule has 1 atom stereocenters.